The van der Waals surface area contributed by atoms with Crippen molar-refractivity contribution in [3.05, 3.63) is 66.0 Å². The average Bonchev–Trinajstić information content (AvgIpc) is 3.33. The Kier molecular flexibility index (Phi) is 6.66. The van der Waals surface area contributed by atoms with Crippen molar-refractivity contribution in [1.29, 1.82) is 0 Å². The highest BCUT2D eigenvalue weighted by atomic mass is 32.2. The number of benzene rings is 1. The molecule has 3 aromatic rings. The second kappa shape index (κ2) is 9.78. The normalized spacial score (nSPS) is 14.4. The van der Waals surface area contributed by atoms with Crippen molar-refractivity contribution in [2.24, 2.45) is 5.92 Å². The van der Waals surface area contributed by atoms with Crippen LogP contribution < -0.4 is 5.32 Å². The summed E-state index contributed by atoms with van der Waals surface area (Å²) in [4.78, 5) is 31.4. The quantitative estimate of drug-likeness (QED) is 0.592. The molecule has 3 heterocycles. The maximum absolute atomic E-state index is 12.8. The zero-order chi connectivity index (χ0) is 21.6. The second-order valence-electron chi connectivity index (χ2n) is 7.45. The first-order chi connectivity index (χ1) is 15.2. The van der Waals surface area contributed by atoms with Gasteiger partial charge in [0.05, 0.1) is 5.56 Å². The van der Waals surface area contributed by atoms with Crippen LogP contribution in [-0.2, 0) is 0 Å². The number of carbonyl (C=O) groups excluding carboxylic acids is 2. The molecule has 0 aliphatic carbocycles. The third kappa shape index (κ3) is 4.96. The molecular weight excluding hydrogens is 412 g/mol. The van der Waals surface area contributed by atoms with Crippen LogP contribution in [-0.4, -0.2) is 52.7 Å². The molecule has 2 aromatic heterocycles. The van der Waals surface area contributed by atoms with Crippen molar-refractivity contribution in [3.8, 4) is 11.3 Å². The van der Waals surface area contributed by atoms with E-state index in [0.29, 0.717) is 36.9 Å². The van der Waals surface area contributed by atoms with Crippen molar-refractivity contribution < 1.29 is 14.1 Å². The maximum atomic E-state index is 12.8. The lowest BCUT2D eigenvalue weighted by atomic mass is 9.96. The van der Waals surface area contributed by atoms with Gasteiger partial charge in [0.15, 0.2) is 11.5 Å². The number of aromatic nitrogens is 2. The zero-order valence-corrected chi connectivity index (χ0v) is 18.1. The number of thioether (sulfide) groups is 1. The predicted octanol–water partition coefficient (Wildman–Crippen LogP) is 3.74. The van der Waals surface area contributed by atoms with Crippen LogP contribution in [0.25, 0.3) is 11.3 Å². The maximum Gasteiger partial charge on any atom is 0.273 e. The molecular formula is C23H24N4O3S. The van der Waals surface area contributed by atoms with Crippen LogP contribution >= 0.6 is 11.8 Å². The summed E-state index contributed by atoms with van der Waals surface area (Å²) in [6.45, 7) is 1.89. The minimum Gasteiger partial charge on any atom is -0.355 e. The zero-order valence-electron chi connectivity index (χ0n) is 17.3. The Morgan fingerprint density at radius 3 is 2.68 bits per heavy atom. The third-order valence-corrected chi connectivity index (χ3v) is 6.16. The molecule has 1 N–H and O–H groups in total. The Morgan fingerprint density at radius 2 is 1.94 bits per heavy atom. The van der Waals surface area contributed by atoms with E-state index in [4.69, 9.17) is 4.52 Å². The lowest BCUT2D eigenvalue weighted by Crippen LogP contribution is -2.41. The topological polar surface area (TPSA) is 88.3 Å². The van der Waals surface area contributed by atoms with Gasteiger partial charge in [-0.15, -0.1) is 11.8 Å². The highest BCUT2D eigenvalue weighted by molar-refractivity contribution is 7.98. The van der Waals surface area contributed by atoms with Crippen LogP contribution in [0.3, 0.4) is 0 Å². The van der Waals surface area contributed by atoms with Crippen LogP contribution in [0.5, 0.6) is 0 Å². The van der Waals surface area contributed by atoms with Gasteiger partial charge in [-0.3, -0.25) is 9.59 Å². The number of amides is 2. The first kappa shape index (κ1) is 21.1. The van der Waals surface area contributed by atoms with Crippen LogP contribution in [0.4, 0.5) is 0 Å². The van der Waals surface area contributed by atoms with Gasteiger partial charge in [0.1, 0.15) is 5.03 Å². The van der Waals surface area contributed by atoms with Gasteiger partial charge in [-0.05, 0) is 37.1 Å². The van der Waals surface area contributed by atoms with E-state index in [1.165, 1.54) is 11.8 Å². The molecule has 8 heteroatoms. The number of rotatable bonds is 6. The largest absolute Gasteiger partial charge is 0.355 e. The number of hydrogen-bond donors (Lipinski definition) is 1. The minimum atomic E-state index is -0.246. The Balaban J connectivity index is 1.27. The average molecular weight is 437 g/mol. The number of nitrogens with one attached hydrogen (secondary N) is 1. The van der Waals surface area contributed by atoms with Crippen molar-refractivity contribution >= 4 is 23.6 Å². The summed E-state index contributed by atoms with van der Waals surface area (Å²) in [5, 5.41) is 7.60. The van der Waals surface area contributed by atoms with Crippen molar-refractivity contribution in [3.63, 3.8) is 0 Å². The van der Waals surface area contributed by atoms with Gasteiger partial charge in [0.25, 0.3) is 11.8 Å². The molecule has 1 aliphatic heterocycles. The van der Waals surface area contributed by atoms with Crippen molar-refractivity contribution in [1.82, 2.24) is 20.4 Å². The number of piperidine rings is 1. The van der Waals surface area contributed by atoms with Gasteiger partial charge in [-0.25, -0.2) is 4.98 Å². The molecule has 7 nitrogen and oxygen atoms in total. The van der Waals surface area contributed by atoms with Gasteiger partial charge in [-0.2, -0.15) is 0 Å². The molecule has 0 atom stereocenters. The molecule has 0 saturated carbocycles. The van der Waals surface area contributed by atoms with E-state index >= 15 is 0 Å². The first-order valence-electron chi connectivity index (χ1n) is 10.2. The van der Waals surface area contributed by atoms with Gasteiger partial charge < -0.3 is 14.7 Å². The molecule has 0 unspecified atom stereocenters. The van der Waals surface area contributed by atoms with E-state index in [0.717, 1.165) is 23.4 Å². The fourth-order valence-corrected chi connectivity index (χ4v) is 4.22. The van der Waals surface area contributed by atoms with E-state index in [-0.39, 0.29) is 17.5 Å². The molecule has 1 aromatic carbocycles. The smallest absolute Gasteiger partial charge is 0.273 e. The summed E-state index contributed by atoms with van der Waals surface area (Å²) in [6, 6.07) is 14.8. The number of pyridine rings is 1. The van der Waals surface area contributed by atoms with Gasteiger partial charge in [0.2, 0.25) is 0 Å². The van der Waals surface area contributed by atoms with E-state index in [9.17, 15) is 9.59 Å². The van der Waals surface area contributed by atoms with Crippen LogP contribution in [0.1, 0.15) is 33.7 Å². The number of hydrogen-bond acceptors (Lipinski definition) is 6. The van der Waals surface area contributed by atoms with Crippen molar-refractivity contribution in [2.45, 2.75) is 17.9 Å². The fraction of sp³-hybridized carbons (Fsp3) is 0.304. The predicted molar refractivity (Wildman–Crippen MR) is 119 cm³/mol. The van der Waals surface area contributed by atoms with E-state index < -0.39 is 0 Å². The molecule has 1 aliphatic rings. The standard InChI is InChI=1S/C23H24N4O3S/c1-31-22-18(8-5-11-24-22)23(29)27-12-9-16(10-13-27)15-25-21(28)19-14-20(30-26-19)17-6-3-2-4-7-17/h2-8,11,14,16H,9-10,12-13,15H2,1H3,(H,25,28). The number of carbonyl (C=O) groups is 2. The van der Waals surface area contributed by atoms with E-state index in [1.807, 2.05) is 47.6 Å². The summed E-state index contributed by atoms with van der Waals surface area (Å²) in [5.41, 5.74) is 1.80. The number of nitrogens with zero attached hydrogens (tertiary/aromatic N) is 3. The molecule has 2 amide bonds. The Bertz CT molecular complexity index is 1050. The Morgan fingerprint density at radius 1 is 1.16 bits per heavy atom. The molecule has 4 rings (SSSR count). The summed E-state index contributed by atoms with van der Waals surface area (Å²) in [6.07, 6.45) is 5.31. The Hall–Kier alpha value is -3.13. The lowest BCUT2D eigenvalue weighted by Gasteiger charge is -2.32. The van der Waals surface area contributed by atoms with Crippen LogP contribution in [0.15, 0.2) is 64.3 Å². The molecule has 0 bridgehead atoms. The third-order valence-electron chi connectivity index (χ3n) is 5.45. The van der Waals surface area contributed by atoms with E-state index in [1.54, 1.807) is 18.3 Å². The van der Waals surface area contributed by atoms with Gasteiger partial charge in [-0.1, -0.05) is 35.5 Å². The summed E-state index contributed by atoms with van der Waals surface area (Å²) in [5.74, 6) is 0.667. The van der Waals surface area contributed by atoms with Crippen molar-refractivity contribution in [2.75, 3.05) is 25.9 Å². The lowest BCUT2D eigenvalue weighted by molar-refractivity contribution is 0.0679. The molecule has 0 radical (unpaired) electrons. The molecule has 1 fully saturated rings. The minimum absolute atomic E-state index is 0.0241. The molecule has 1 saturated heterocycles. The monoisotopic (exact) mass is 436 g/mol. The Labute approximate surface area is 185 Å². The molecule has 0 spiro atoms. The second-order valence-corrected chi connectivity index (χ2v) is 8.24. The summed E-state index contributed by atoms with van der Waals surface area (Å²) in [7, 11) is 0. The van der Waals surface area contributed by atoms with Crippen LogP contribution in [0.2, 0.25) is 0 Å². The highest BCUT2D eigenvalue weighted by Crippen LogP contribution is 2.23. The van der Waals surface area contributed by atoms with E-state index in [2.05, 4.69) is 15.5 Å². The summed E-state index contributed by atoms with van der Waals surface area (Å²) >= 11 is 1.48. The van der Waals surface area contributed by atoms with Crippen LogP contribution in [0, 0.1) is 5.92 Å². The highest BCUT2D eigenvalue weighted by Gasteiger charge is 2.26. The van der Waals surface area contributed by atoms with Gasteiger partial charge in [0, 0.05) is 37.5 Å². The summed E-state index contributed by atoms with van der Waals surface area (Å²) < 4.78 is 5.30. The molecule has 160 valence electrons. The van der Waals surface area contributed by atoms with Gasteiger partial charge >= 0.3 is 0 Å². The molecule has 31 heavy (non-hydrogen) atoms. The first-order valence-corrected chi connectivity index (χ1v) is 11.5. The number of likely N-dealkylation sites (tertiary alicyclic amines) is 1. The SMILES string of the molecule is CSc1ncccc1C(=O)N1CCC(CNC(=O)c2cc(-c3ccccc3)on2)CC1. The fourth-order valence-electron chi connectivity index (χ4n) is 3.68.